The zero-order valence-electron chi connectivity index (χ0n) is 7.66. The van der Waals surface area contributed by atoms with Crippen molar-refractivity contribution in [3.63, 3.8) is 0 Å². The van der Waals surface area contributed by atoms with Gasteiger partial charge in [-0.15, -0.1) is 0 Å². The lowest BCUT2D eigenvalue weighted by atomic mass is 10.2. The number of nitrogens with zero attached hydrogens (tertiary/aromatic N) is 1. The molecule has 3 N–H and O–H groups in total. The molecule has 1 saturated heterocycles. The highest BCUT2D eigenvalue weighted by atomic mass is 35.5. The molecule has 76 valence electrons. The summed E-state index contributed by atoms with van der Waals surface area (Å²) in [6.07, 6.45) is 2.56. The third-order valence-corrected chi connectivity index (χ3v) is 2.40. The number of anilines is 2. The van der Waals surface area contributed by atoms with E-state index in [4.69, 9.17) is 22.1 Å². The molecule has 1 aromatic heterocycles. The largest absolute Gasteiger partial charge is 0.396 e. The zero-order chi connectivity index (χ0) is 9.97. The number of halogens is 1. The summed E-state index contributed by atoms with van der Waals surface area (Å²) in [4.78, 5) is 3.88. The van der Waals surface area contributed by atoms with Crippen molar-refractivity contribution in [3.05, 3.63) is 17.4 Å². The van der Waals surface area contributed by atoms with E-state index in [9.17, 15) is 0 Å². The molecule has 0 aromatic carbocycles. The number of pyridine rings is 1. The molecule has 14 heavy (non-hydrogen) atoms. The Morgan fingerprint density at radius 2 is 2.50 bits per heavy atom. The number of ether oxygens (including phenoxy) is 1. The van der Waals surface area contributed by atoms with Crippen molar-refractivity contribution in [2.45, 2.75) is 12.5 Å². The minimum atomic E-state index is 0.329. The second kappa shape index (κ2) is 4.02. The molecule has 0 saturated carbocycles. The van der Waals surface area contributed by atoms with E-state index in [-0.39, 0.29) is 0 Å². The molecule has 0 bridgehead atoms. The van der Waals surface area contributed by atoms with Crippen LogP contribution < -0.4 is 11.1 Å². The van der Waals surface area contributed by atoms with Crippen molar-refractivity contribution in [3.8, 4) is 0 Å². The highest BCUT2D eigenvalue weighted by Crippen LogP contribution is 2.22. The quantitative estimate of drug-likeness (QED) is 0.732. The van der Waals surface area contributed by atoms with Crippen LogP contribution in [0.15, 0.2) is 12.3 Å². The van der Waals surface area contributed by atoms with Gasteiger partial charge in [0.15, 0.2) is 0 Å². The van der Waals surface area contributed by atoms with E-state index in [1.807, 2.05) is 0 Å². The SMILES string of the molecule is Nc1cnc(Cl)cc1N[C@H]1CCOC1. The Morgan fingerprint density at radius 3 is 3.21 bits per heavy atom. The normalized spacial score (nSPS) is 21.1. The third kappa shape index (κ3) is 2.08. The molecule has 1 aliphatic rings. The van der Waals surface area contributed by atoms with Crippen LogP contribution in [0.1, 0.15) is 6.42 Å². The van der Waals surface area contributed by atoms with E-state index >= 15 is 0 Å². The monoisotopic (exact) mass is 213 g/mol. The number of nitrogens with two attached hydrogens (primary N) is 1. The second-order valence-corrected chi connectivity index (χ2v) is 3.69. The van der Waals surface area contributed by atoms with Crippen molar-refractivity contribution >= 4 is 23.0 Å². The molecule has 5 heteroatoms. The van der Waals surface area contributed by atoms with Crippen LogP contribution in [-0.2, 0) is 4.74 Å². The molecule has 1 atom stereocenters. The van der Waals surface area contributed by atoms with Crippen molar-refractivity contribution in [2.75, 3.05) is 24.3 Å². The van der Waals surface area contributed by atoms with Crippen LogP contribution in [0.25, 0.3) is 0 Å². The Kier molecular flexibility index (Phi) is 2.74. The number of aromatic nitrogens is 1. The lowest BCUT2D eigenvalue weighted by Crippen LogP contribution is -2.19. The van der Waals surface area contributed by atoms with Crippen LogP contribution in [-0.4, -0.2) is 24.2 Å². The van der Waals surface area contributed by atoms with Crippen LogP contribution in [0.3, 0.4) is 0 Å². The summed E-state index contributed by atoms with van der Waals surface area (Å²) in [5.74, 6) is 0. The van der Waals surface area contributed by atoms with Gasteiger partial charge < -0.3 is 15.8 Å². The van der Waals surface area contributed by atoms with Gasteiger partial charge in [0.05, 0.1) is 30.2 Å². The summed E-state index contributed by atoms with van der Waals surface area (Å²) in [6, 6.07) is 2.06. The van der Waals surface area contributed by atoms with Gasteiger partial charge in [-0.05, 0) is 6.42 Å². The van der Waals surface area contributed by atoms with E-state index in [2.05, 4.69) is 10.3 Å². The molecule has 0 aliphatic carbocycles. The number of nitrogens with one attached hydrogen (secondary N) is 1. The fraction of sp³-hybridized carbons (Fsp3) is 0.444. The molecule has 0 unspecified atom stereocenters. The molecule has 0 amide bonds. The molecule has 0 radical (unpaired) electrons. The first-order valence-corrected chi connectivity index (χ1v) is 4.89. The summed E-state index contributed by atoms with van der Waals surface area (Å²) in [5.41, 5.74) is 7.19. The van der Waals surface area contributed by atoms with E-state index in [1.165, 1.54) is 0 Å². The molecule has 2 rings (SSSR count). The molecule has 0 spiro atoms. The van der Waals surface area contributed by atoms with Gasteiger partial charge in [0, 0.05) is 12.7 Å². The van der Waals surface area contributed by atoms with Crippen LogP contribution >= 0.6 is 11.6 Å². The lowest BCUT2D eigenvalue weighted by molar-refractivity contribution is 0.195. The van der Waals surface area contributed by atoms with Gasteiger partial charge in [0.2, 0.25) is 0 Å². The maximum Gasteiger partial charge on any atom is 0.131 e. The summed E-state index contributed by atoms with van der Waals surface area (Å²) in [6.45, 7) is 1.52. The Hall–Kier alpha value is -1.00. The lowest BCUT2D eigenvalue weighted by Gasteiger charge is -2.13. The van der Waals surface area contributed by atoms with E-state index in [1.54, 1.807) is 12.3 Å². The molecule has 4 nitrogen and oxygen atoms in total. The van der Waals surface area contributed by atoms with E-state index in [0.29, 0.717) is 16.9 Å². The smallest absolute Gasteiger partial charge is 0.131 e. The standard InChI is InChI=1S/C9H12ClN3O/c10-9-3-8(7(11)4-12-9)13-6-1-2-14-5-6/h3-4,6H,1-2,5,11H2,(H,12,13)/t6-/m0/s1. The Bertz CT molecular complexity index is 326. The Balaban J connectivity index is 2.10. The first-order chi connectivity index (χ1) is 6.75. The number of hydrogen-bond acceptors (Lipinski definition) is 4. The molecule has 1 aromatic rings. The number of rotatable bonds is 2. The van der Waals surface area contributed by atoms with Crippen LogP contribution in [0.5, 0.6) is 0 Å². The predicted octanol–water partition coefficient (Wildman–Crippen LogP) is 1.52. The van der Waals surface area contributed by atoms with Gasteiger partial charge in [0.1, 0.15) is 5.15 Å². The molecule has 1 fully saturated rings. The molecular formula is C9H12ClN3O. The summed E-state index contributed by atoms with van der Waals surface area (Å²) >= 11 is 5.76. The highest BCUT2D eigenvalue weighted by molar-refractivity contribution is 6.29. The average molecular weight is 214 g/mol. The fourth-order valence-corrected chi connectivity index (χ4v) is 1.59. The second-order valence-electron chi connectivity index (χ2n) is 3.30. The fourth-order valence-electron chi connectivity index (χ4n) is 1.43. The van der Waals surface area contributed by atoms with Gasteiger partial charge in [-0.3, -0.25) is 0 Å². The maximum atomic E-state index is 5.76. The number of nitrogen functional groups attached to an aromatic ring is 1. The van der Waals surface area contributed by atoms with Crippen molar-refractivity contribution in [1.82, 2.24) is 4.98 Å². The summed E-state index contributed by atoms with van der Waals surface area (Å²) in [7, 11) is 0. The van der Waals surface area contributed by atoms with E-state index in [0.717, 1.165) is 25.3 Å². The van der Waals surface area contributed by atoms with Crippen molar-refractivity contribution in [1.29, 1.82) is 0 Å². The molecule has 1 aliphatic heterocycles. The Labute approximate surface area is 87.4 Å². The van der Waals surface area contributed by atoms with Crippen LogP contribution in [0, 0.1) is 0 Å². The van der Waals surface area contributed by atoms with Gasteiger partial charge in [-0.25, -0.2) is 4.98 Å². The first kappa shape index (κ1) is 9.55. The summed E-state index contributed by atoms with van der Waals surface area (Å²) < 4.78 is 5.25. The van der Waals surface area contributed by atoms with Crippen LogP contribution in [0.2, 0.25) is 5.15 Å². The van der Waals surface area contributed by atoms with Crippen molar-refractivity contribution in [2.24, 2.45) is 0 Å². The van der Waals surface area contributed by atoms with E-state index < -0.39 is 0 Å². The van der Waals surface area contributed by atoms with Crippen LogP contribution in [0.4, 0.5) is 11.4 Å². The topological polar surface area (TPSA) is 60.2 Å². The van der Waals surface area contributed by atoms with Gasteiger partial charge in [-0.1, -0.05) is 11.6 Å². The predicted molar refractivity (Wildman–Crippen MR) is 56.5 cm³/mol. The third-order valence-electron chi connectivity index (χ3n) is 2.19. The maximum absolute atomic E-state index is 5.76. The zero-order valence-corrected chi connectivity index (χ0v) is 8.42. The Morgan fingerprint density at radius 1 is 1.64 bits per heavy atom. The summed E-state index contributed by atoms with van der Waals surface area (Å²) in [5, 5.41) is 3.72. The molecule has 2 heterocycles. The molecular weight excluding hydrogens is 202 g/mol. The van der Waals surface area contributed by atoms with Gasteiger partial charge in [0.25, 0.3) is 0 Å². The average Bonchev–Trinajstić information content (AvgIpc) is 2.64. The van der Waals surface area contributed by atoms with Crippen molar-refractivity contribution < 1.29 is 4.74 Å². The minimum absolute atomic E-state index is 0.329. The van der Waals surface area contributed by atoms with Gasteiger partial charge >= 0.3 is 0 Å². The highest BCUT2D eigenvalue weighted by Gasteiger charge is 2.16. The van der Waals surface area contributed by atoms with Gasteiger partial charge in [-0.2, -0.15) is 0 Å². The minimum Gasteiger partial charge on any atom is -0.396 e. The first-order valence-electron chi connectivity index (χ1n) is 4.51. The number of hydrogen-bond donors (Lipinski definition) is 2.